The van der Waals surface area contributed by atoms with Crippen molar-refractivity contribution in [3.05, 3.63) is 29.8 Å². The van der Waals surface area contributed by atoms with Crippen molar-refractivity contribution in [2.24, 2.45) is 0 Å². The van der Waals surface area contributed by atoms with E-state index in [0.29, 0.717) is 0 Å². The molecule has 0 heterocycles. The average Bonchev–Trinajstić information content (AvgIpc) is 3.09. The van der Waals surface area contributed by atoms with Crippen molar-refractivity contribution in [3.63, 3.8) is 0 Å². The van der Waals surface area contributed by atoms with E-state index < -0.39 is 0 Å². The monoisotopic (exact) mass is 219 g/mol. The highest BCUT2D eigenvalue weighted by Crippen LogP contribution is 2.18. The molecular formula is C14H21NO. The summed E-state index contributed by atoms with van der Waals surface area (Å²) in [6, 6.07) is 9.26. The number of benzene rings is 1. The van der Waals surface area contributed by atoms with Crippen LogP contribution in [0.2, 0.25) is 0 Å². The Morgan fingerprint density at radius 1 is 1.38 bits per heavy atom. The van der Waals surface area contributed by atoms with Gasteiger partial charge in [0.2, 0.25) is 0 Å². The quantitative estimate of drug-likeness (QED) is 0.712. The van der Waals surface area contributed by atoms with Gasteiger partial charge in [-0.05, 0) is 56.8 Å². The molecule has 1 aromatic rings. The summed E-state index contributed by atoms with van der Waals surface area (Å²) < 4.78 is 5.49. The van der Waals surface area contributed by atoms with Gasteiger partial charge in [0, 0.05) is 6.04 Å². The lowest BCUT2D eigenvalue weighted by molar-refractivity contribution is 0.340. The van der Waals surface area contributed by atoms with E-state index in [4.69, 9.17) is 4.74 Å². The molecule has 0 atom stereocenters. The van der Waals surface area contributed by atoms with Crippen molar-refractivity contribution in [2.75, 3.05) is 13.2 Å². The van der Waals surface area contributed by atoms with Gasteiger partial charge < -0.3 is 10.1 Å². The van der Waals surface area contributed by atoms with Crippen molar-refractivity contribution in [2.45, 2.75) is 38.6 Å². The molecule has 0 bridgehead atoms. The Kier molecular flexibility index (Phi) is 4.23. The first-order valence-electron chi connectivity index (χ1n) is 6.33. The van der Waals surface area contributed by atoms with E-state index in [9.17, 15) is 0 Å². The number of ether oxygens (including phenoxy) is 1. The summed E-state index contributed by atoms with van der Waals surface area (Å²) in [4.78, 5) is 0. The molecule has 0 saturated heterocycles. The van der Waals surface area contributed by atoms with Crippen LogP contribution in [0.3, 0.4) is 0 Å². The third-order valence-corrected chi connectivity index (χ3v) is 2.86. The molecule has 1 aliphatic carbocycles. The molecule has 0 spiro atoms. The number of hydrogen-bond donors (Lipinski definition) is 1. The number of aryl methyl sites for hydroxylation is 1. The molecule has 1 saturated carbocycles. The summed E-state index contributed by atoms with van der Waals surface area (Å²) in [6.45, 7) is 3.91. The van der Waals surface area contributed by atoms with Crippen LogP contribution in [0.1, 0.15) is 31.7 Å². The highest BCUT2D eigenvalue weighted by Gasteiger charge is 2.19. The van der Waals surface area contributed by atoms with Crippen LogP contribution in [0.4, 0.5) is 0 Å². The van der Waals surface area contributed by atoms with Crippen molar-refractivity contribution >= 4 is 0 Å². The van der Waals surface area contributed by atoms with Crippen LogP contribution in [0, 0.1) is 0 Å². The Morgan fingerprint density at radius 3 is 3.00 bits per heavy atom. The van der Waals surface area contributed by atoms with Crippen molar-refractivity contribution in [1.82, 2.24) is 5.32 Å². The highest BCUT2D eigenvalue weighted by molar-refractivity contribution is 5.28. The first-order valence-corrected chi connectivity index (χ1v) is 6.33. The van der Waals surface area contributed by atoms with E-state index in [-0.39, 0.29) is 0 Å². The van der Waals surface area contributed by atoms with Gasteiger partial charge in [0.25, 0.3) is 0 Å². The second-order valence-electron chi connectivity index (χ2n) is 4.41. The maximum Gasteiger partial charge on any atom is 0.119 e. The van der Waals surface area contributed by atoms with E-state index in [1.807, 2.05) is 13.0 Å². The highest BCUT2D eigenvalue weighted by atomic mass is 16.5. The third kappa shape index (κ3) is 3.86. The molecule has 2 heteroatoms. The minimum absolute atomic E-state index is 0.743. The van der Waals surface area contributed by atoms with Gasteiger partial charge in [0.15, 0.2) is 0 Å². The smallest absolute Gasteiger partial charge is 0.119 e. The fourth-order valence-corrected chi connectivity index (χ4v) is 1.84. The van der Waals surface area contributed by atoms with Crippen molar-refractivity contribution < 1.29 is 4.74 Å². The summed E-state index contributed by atoms with van der Waals surface area (Å²) >= 11 is 0. The summed E-state index contributed by atoms with van der Waals surface area (Å²) in [5.74, 6) is 0.996. The summed E-state index contributed by atoms with van der Waals surface area (Å²) in [5, 5.41) is 3.54. The van der Waals surface area contributed by atoms with Crippen LogP contribution in [0.15, 0.2) is 24.3 Å². The zero-order valence-corrected chi connectivity index (χ0v) is 10.0. The zero-order valence-electron chi connectivity index (χ0n) is 10.0. The lowest BCUT2D eigenvalue weighted by Crippen LogP contribution is -2.17. The molecule has 2 rings (SSSR count). The third-order valence-electron chi connectivity index (χ3n) is 2.86. The van der Waals surface area contributed by atoms with Gasteiger partial charge in [-0.3, -0.25) is 0 Å². The molecule has 88 valence electrons. The van der Waals surface area contributed by atoms with Crippen LogP contribution in [-0.4, -0.2) is 19.2 Å². The Labute approximate surface area is 98.0 Å². The van der Waals surface area contributed by atoms with Gasteiger partial charge >= 0.3 is 0 Å². The summed E-state index contributed by atoms with van der Waals surface area (Å²) in [6.07, 6.45) is 5.10. The molecule has 1 aliphatic rings. The van der Waals surface area contributed by atoms with Crippen LogP contribution in [0.5, 0.6) is 5.75 Å². The predicted molar refractivity (Wildman–Crippen MR) is 67.0 cm³/mol. The van der Waals surface area contributed by atoms with E-state index in [2.05, 4.69) is 23.5 Å². The van der Waals surface area contributed by atoms with Gasteiger partial charge in [-0.1, -0.05) is 12.1 Å². The lowest BCUT2D eigenvalue weighted by atomic mass is 10.1. The maximum atomic E-state index is 5.49. The van der Waals surface area contributed by atoms with Crippen LogP contribution in [0.25, 0.3) is 0 Å². The minimum atomic E-state index is 0.743. The van der Waals surface area contributed by atoms with Crippen molar-refractivity contribution in [3.8, 4) is 5.75 Å². The van der Waals surface area contributed by atoms with Crippen LogP contribution in [-0.2, 0) is 6.42 Å². The Bertz CT molecular complexity index is 320. The molecule has 0 radical (unpaired) electrons. The molecule has 1 N–H and O–H groups in total. The summed E-state index contributed by atoms with van der Waals surface area (Å²) in [5.41, 5.74) is 1.38. The van der Waals surface area contributed by atoms with Gasteiger partial charge in [0.05, 0.1) is 6.61 Å². The van der Waals surface area contributed by atoms with Gasteiger partial charge in [-0.25, -0.2) is 0 Å². The van der Waals surface area contributed by atoms with Gasteiger partial charge in [-0.15, -0.1) is 0 Å². The molecule has 0 unspecified atom stereocenters. The standard InChI is InChI=1S/C14H21NO/c1-2-16-14-7-3-5-12(11-14)6-4-10-15-13-8-9-13/h3,5,7,11,13,15H,2,4,6,8-10H2,1H3. The van der Waals surface area contributed by atoms with E-state index in [1.165, 1.54) is 24.8 Å². The Morgan fingerprint density at radius 2 is 2.25 bits per heavy atom. The van der Waals surface area contributed by atoms with E-state index >= 15 is 0 Å². The van der Waals surface area contributed by atoms with Crippen molar-refractivity contribution in [1.29, 1.82) is 0 Å². The first kappa shape index (κ1) is 11.5. The topological polar surface area (TPSA) is 21.3 Å². The normalized spacial score (nSPS) is 15.1. The second kappa shape index (κ2) is 5.90. The Balaban J connectivity index is 1.71. The minimum Gasteiger partial charge on any atom is -0.494 e. The molecule has 1 aromatic carbocycles. The Hall–Kier alpha value is -1.02. The van der Waals surface area contributed by atoms with Gasteiger partial charge in [0.1, 0.15) is 5.75 Å². The molecule has 0 aliphatic heterocycles. The molecule has 0 aromatic heterocycles. The van der Waals surface area contributed by atoms with Gasteiger partial charge in [-0.2, -0.15) is 0 Å². The molecule has 1 fully saturated rings. The molecule has 16 heavy (non-hydrogen) atoms. The SMILES string of the molecule is CCOc1cccc(CCCNC2CC2)c1. The maximum absolute atomic E-state index is 5.49. The average molecular weight is 219 g/mol. The largest absolute Gasteiger partial charge is 0.494 e. The molecular weight excluding hydrogens is 198 g/mol. The second-order valence-corrected chi connectivity index (χ2v) is 4.41. The number of rotatable bonds is 7. The van der Waals surface area contributed by atoms with E-state index in [0.717, 1.165) is 31.4 Å². The molecule has 0 amide bonds. The van der Waals surface area contributed by atoms with Crippen LogP contribution >= 0.6 is 0 Å². The van der Waals surface area contributed by atoms with Crippen LogP contribution < -0.4 is 10.1 Å². The molecule has 2 nitrogen and oxygen atoms in total. The fraction of sp³-hybridized carbons (Fsp3) is 0.571. The summed E-state index contributed by atoms with van der Waals surface area (Å²) in [7, 11) is 0. The number of hydrogen-bond acceptors (Lipinski definition) is 2. The lowest BCUT2D eigenvalue weighted by Gasteiger charge is -2.06. The predicted octanol–water partition coefficient (Wildman–Crippen LogP) is 2.77. The number of nitrogens with one attached hydrogen (secondary N) is 1. The van der Waals surface area contributed by atoms with E-state index in [1.54, 1.807) is 0 Å². The first-order chi connectivity index (χ1) is 7.88. The fourth-order valence-electron chi connectivity index (χ4n) is 1.84. The zero-order chi connectivity index (χ0) is 11.2.